The summed E-state index contributed by atoms with van der Waals surface area (Å²) in [5.74, 6) is 0.819. The van der Waals surface area contributed by atoms with Crippen LogP contribution in [-0.4, -0.2) is 18.3 Å². The van der Waals surface area contributed by atoms with Crippen molar-refractivity contribution in [3.63, 3.8) is 0 Å². The van der Waals surface area contributed by atoms with E-state index < -0.39 is 5.38 Å². The lowest BCUT2D eigenvalue weighted by molar-refractivity contribution is -0.107. The van der Waals surface area contributed by atoms with Crippen molar-refractivity contribution >= 4 is 17.9 Å². The van der Waals surface area contributed by atoms with E-state index in [4.69, 9.17) is 16.3 Å². The van der Waals surface area contributed by atoms with Crippen LogP contribution in [0.1, 0.15) is 12.5 Å². The molecule has 0 aliphatic carbocycles. The molecule has 14 heavy (non-hydrogen) atoms. The molecule has 1 atom stereocenters. The molecule has 1 aromatic rings. The van der Waals surface area contributed by atoms with Crippen LogP contribution in [0.4, 0.5) is 0 Å². The van der Waals surface area contributed by atoms with Gasteiger partial charge in [-0.15, -0.1) is 11.6 Å². The van der Waals surface area contributed by atoms with Gasteiger partial charge in [0.15, 0.2) is 0 Å². The molecule has 1 aromatic carbocycles. The molecule has 0 aliphatic heterocycles. The van der Waals surface area contributed by atoms with Crippen LogP contribution in [0.15, 0.2) is 24.3 Å². The summed E-state index contributed by atoms with van der Waals surface area (Å²) in [7, 11) is 0. The average Bonchev–Trinajstić information content (AvgIpc) is 2.19. The van der Waals surface area contributed by atoms with Crippen molar-refractivity contribution in [3.05, 3.63) is 29.8 Å². The molecule has 2 nitrogen and oxygen atoms in total. The third-order valence-electron chi connectivity index (χ3n) is 1.79. The van der Waals surface area contributed by atoms with Crippen molar-refractivity contribution in [2.24, 2.45) is 0 Å². The highest BCUT2D eigenvalue weighted by Crippen LogP contribution is 2.15. The van der Waals surface area contributed by atoms with E-state index in [0.717, 1.165) is 17.6 Å². The lowest BCUT2D eigenvalue weighted by Gasteiger charge is -2.06. The van der Waals surface area contributed by atoms with Crippen LogP contribution in [0.5, 0.6) is 5.75 Å². The molecule has 0 N–H and O–H groups in total. The molecule has 0 amide bonds. The van der Waals surface area contributed by atoms with Crippen LogP contribution in [0.3, 0.4) is 0 Å². The normalized spacial score (nSPS) is 12.1. The Labute approximate surface area is 88.8 Å². The van der Waals surface area contributed by atoms with Crippen molar-refractivity contribution in [1.82, 2.24) is 0 Å². The third-order valence-corrected chi connectivity index (χ3v) is 2.04. The number of aldehydes is 1. The Kier molecular flexibility index (Phi) is 4.47. The summed E-state index contributed by atoms with van der Waals surface area (Å²) >= 11 is 5.72. The van der Waals surface area contributed by atoms with E-state index in [1.54, 1.807) is 0 Å². The molecule has 3 heteroatoms. The Morgan fingerprint density at radius 3 is 3.00 bits per heavy atom. The highest BCUT2D eigenvalue weighted by molar-refractivity contribution is 6.27. The summed E-state index contributed by atoms with van der Waals surface area (Å²) in [5.41, 5.74) is 1.02. The maximum Gasteiger partial charge on any atom is 0.138 e. The fourth-order valence-electron chi connectivity index (χ4n) is 1.20. The van der Waals surface area contributed by atoms with Crippen molar-refractivity contribution in [1.29, 1.82) is 0 Å². The number of carbonyl (C=O) groups is 1. The molecule has 0 aromatic heterocycles. The Morgan fingerprint density at radius 1 is 1.57 bits per heavy atom. The smallest absolute Gasteiger partial charge is 0.138 e. The van der Waals surface area contributed by atoms with Crippen LogP contribution < -0.4 is 4.74 Å². The zero-order chi connectivity index (χ0) is 10.4. The summed E-state index contributed by atoms with van der Waals surface area (Å²) in [6.07, 6.45) is 1.29. The van der Waals surface area contributed by atoms with Gasteiger partial charge < -0.3 is 9.53 Å². The van der Waals surface area contributed by atoms with E-state index in [9.17, 15) is 4.79 Å². The Morgan fingerprint density at radius 2 is 2.36 bits per heavy atom. The molecule has 0 heterocycles. The molecule has 0 fully saturated rings. The number of rotatable bonds is 5. The molecule has 76 valence electrons. The van der Waals surface area contributed by atoms with Gasteiger partial charge in [-0.3, -0.25) is 0 Å². The second-order valence-electron chi connectivity index (χ2n) is 2.94. The Balaban J connectivity index is 2.67. The molecule has 0 saturated heterocycles. The number of halogens is 1. The number of benzene rings is 1. The zero-order valence-corrected chi connectivity index (χ0v) is 8.83. The minimum atomic E-state index is -0.452. The second kappa shape index (κ2) is 5.66. The summed E-state index contributed by atoms with van der Waals surface area (Å²) in [6.45, 7) is 2.57. The largest absolute Gasteiger partial charge is 0.494 e. The van der Waals surface area contributed by atoms with Crippen molar-refractivity contribution in [2.45, 2.75) is 18.7 Å². The van der Waals surface area contributed by atoms with Crippen LogP contribution in [0, 0.1) is 0 Å². The van der Waals surface area contributed by atoms with Crippen molar-refractivity contribution in [3.8, 4) is 5.75 Å². The van der Waals surface area contributed by atoms with Gasteiger partial charge in [-0.2, -0.15) is 0 Å². The summed E-state index contributed by atoms with van der Waals surface area (Å²) < 4.78 is 5.33. The lowest BCUT2D eigenvalue weighted by atomic mass is 10.1. The zero-order valence-electron chi connectivity index (χ0n) is 8.07. The van der Waals surface area contributed by atoms with Crippen LogP contribution in [-0.2, 0) is 11.2 Å². The van der Waals surface area contributed by atoms with Gasteiger partial charge in [-0.05, 0) is 31.0 Å². The summed E-state index contributed by atoms with van der Waals surface area (Å²) in [6, 6.07) is 7.62. The Bertz CT molecular complexity index is 299. The first kappa shape index (κ1) is 11.1. The predicted molar refractivity (Wildman–Crippen MR) is 57.0 cm³/mol. The van der Waals surface area contributed by atoms with E-state index in [0.29, 0.717) is 13.0 Å². The van der Waals surface area contributed by atoms with Gasteiger partial charge in [0.1, 0.15) is 12.0 Å². The quantitative estimate of drug-likeness (QED) is 0.554. The van der Waals surface area contributed by atoms with Crippen LogP contribution in [0.2, 0.25) is 0 Å². The highest BCUT2D eigenvalue weighted by Gasteiger charge is 2.04. The molecule has 0 saturated carbocycles. The van der Waals surface area contributed by atoms with E-state index in [1.165, 1.54) is 0 Å². The van der Waals surface area contributed by atoms with Crippen molar-refractivity contribution in [2.75, 3.05) is 6.61 Å². The van der Waals surface area contributed by atoms with Gasteiger partial charge in [0.2, 0.25) is 0 Å². The van der Waals surface area contributed by atoms with E-state index in [2.05, 4.69) is 0 Å². The number of alkyl halides is 1. The molecule has 0 bridgehead atoms. The third kappa shape index (κ3) is 3.38. The number of carbonyl (C=O) groups excluding carboxylic acids is 1. The van der Waals surface area contributed by atoms with Crippen molar-refractivity contribution < 1.29 is 9.53 Å². The summed E-state index contributed by atoms with van der Waals surface area (Å²) in [5, 5.41) is -0.452. The van der Waals surface area contributed by atoms with Gasteiger partial charge >= 0.3 is 0 Å². The Hall–Kier alpha value is -1.02. The SMILES string of the molecule is CCOc1cccc(CC(Cl)C=O)c1. The number of ether oxygens (including phenoxy) is 1. The molecule has 0 radical (unpaired) electrons. The molecule has 1 unspecified atom stereocenters. The van der Waals surface area contributed by atoms with Crippen LogP contribution in [0.25, 0.3) is 0 Å². The highest BCUT2D eigenvalue weighted by atomic mass is 35.5. The summed E-state index contributed by atoms with van der Waals surface area (Å²) in [4.78, 5) is 10.4. The first-order valence-electron chi connectivity index (χ1n) is 4.57. The van der Waals surface area contributed by atoms with Gasteiger partial charge in [-0.25, -0.2) is 0 Å². The van der Waals surface area contributed by atoms with Gasteiger partial charge in [0.25, 0.3) is 0 Å². The maximum absolute atomic E-state index is 10.4. The average molecular weight is 213 g/mol. The second-order valence-corrected chi connectivity index (χ2v) is 3.50. The predicted octanol–water partition coefficient (Wildman–Crippen LogP) is 2.43. The van der Waals surface area contributed by atoms with Gasteiger partial charge in [-0.1, -0.05) is 12.1 Å². The minimum absolute atomic E-state index is 0.452. The standard InChI is InChI=1S/C11H13ClO2/c1-2-14-11-5-3-4-9(7-11)6-10(12)8-13/h3-5,7-8,10H,2,6H2,1H3. The molecule has 1 rings (SSSR count). The lowest BCUT2D eigenvalue weighted by Crippen LogP contribution is -2.04. The maximum atomic E-state index is 10.4. The fourth-order valence-corrected chi connectivity index (χ4v) is 1.38. The van der Waals surface area contributed by atoms with E-state index >= 15 is 0 Å². The molecular weight excluding hydrogens is 200 g/mol. The first-order valence-corrected chi connectivity index (χ1v) is 5.01. The molecule has 0 aliphatic rings. The number of hydrogen-bond donors (Lipinski definition) is 0. The van der Waals surface area contributed by atoms with Crippen LogP contribution >= 0.6 is 11.6 Å². The van der Waals surface area contributed by atoms with E-state index in [-0.39, 0.29) is 0 Å². The van der Waals surface area contributed by atoms with Gasteiger partial charge in [0, 0.05) is 0 Å². The molecular formula is C11H13ClO2. The van der Waals surface area contributed by atoms with E-state index in [1.807, 2.05) is 31.2 Å². The first-order chi connectivity index (χ1) is 6.76. The fraction of sp³-hybridized carbons (Fsp3) is 0.364. The molecule has 0 spiro atoms. The topological polar surface area (TPSA) is 26.3 Å². The number of hydrogen-bond acceptors (Lipinski definition) is 2. The monoisotopic (exact) mass is 212 g/mol. The minimum Gasteiger partial charge on any atom is -0.494 e. The van der Waals surface area contributed by atoms with Gasteiger partial charge in [0.05, 0.1) is 12.0 Å².